The van der Waals surface area contributed by atoms with Crippen LogP contribution in [-0.2, 0) is 12.8 Å². The van der Waals surface area contributed by atoms with E-state index in [-0.39, 0.29) is 17.7 Å². The SMILES string of the molecule is CCc1nc(C)c(C(=O)N2CCCCC2CCc2ccc(O)cc2)o1. The number of hydrogen-bond donors (Lipinski definition) is 1. The third-order valence-electron chi connectivity index (χ3n) is 4.93. The molecule has 5 nitrogen and oxygen atoms in total. The molecular formula is C20H26N2O3. The van der Waals surface area contributed by atoms with Gasteiger partial charge >= 0.3 is 0 Å². The largest absolute Gasteiger partial charge is 0.508 e. The molecule has 1 fully saturated rings. The van der Waals surface area contributed by atoms with Crippen LogP contribution in [0.3, 0.4) is 0 Å². The van der Waals surface area contributed by atoms with E-state index in [1.54, 1.807) is 12.1 Å². The first-order chi connectivity index (χ1) is 12.1. The second-order valence-electron chi connectivity index (χ2n) is 6.73. The smallest absolute Gasteiger partial charge is 0.291 e. The number of nitrogens with zero attached hydrogens (tertiary/aromatic N) is 2. The van der Waals surface area contributed by atoms with Crippen LogP contribution in [0.1, 0.15) is 60.3 Å². The lowest BCUT2D eigenvalue weighted by Gasteiger charge is -2.35. The van der Waals surface area contributed by atoms with Gasteiger partial charge in [0.25, 0.3) is 5.91 Å². The van der Waals surface area contributed by atoms with Crippen LogP contribution in [0.2, 0.25) is 0 Å². The molecule has 3 rings (SSSR count). The number of aryl methyl sites for hydroxylation is 3. The van der Waals surface area contributed by atoms with Crippen molar-refractivity contribution < 1.29 is 14.3 Å². The number of piperidine rings is 1. The number of carbonyl (C=O) groups excluding carboxylic acids is 1. The Morgan fingerprint density at radius 2 is 2.08 bits per heavy atom. The standard InChI is InChI=1S/C20H26N2O3/c1-3-18-21-14(2)19(25-18)20(24)22-13-5-4-6-16(22)10-7-15-8-11-17(23)12-9-15/h8-9,11-12,16,23H,3-7,10,13H2,1-2H3. The quantitative estimate of drug-likeness (QED) is 0.895. The first-order valence-corrected chi connectivity index (χ1v) is 9.13. The summed E-state index contributed by atoms with van der Waals surface area (Å²) in [7, 11) is 0. The lowest BCUT2D eigenvalue weighted by atomic mass is 9.95. The molecule has 1 aliphatic rings. The van der Waals surface area contributed by atoms with Crippen molar-refractivity contribution in [1.82, 2.24) is 9.88 Å². The van der Waals surface area contributed by atoms with E-state index in [0.717, 1.165) is 38.6 Å². The zero-order valence-corrected chi connectivity index (χ0v) is 15.0. The lowest BCUT2D eigenvalue weighted by molar-refractivity contribution is 0.0566. The fourth-order valence-corrected chi connectivity index (χ4v) is 3.50. The number of likely N-dealkylation sites (tertiary alicyclic amines) is 1. The zero-order valence-electron chi connectivity index (χ0n) is 15.0. The average Bonchev–Trinajstić information content (AvgIpc) is 3.02. The highest BCUT2D eigenvalue weighted by Crippen LogP contribution is 2.25. The summed E-state index contributed by atoms with van der Waals surface area (Å²) in [5, 5.41) is 9.39. The van der Waals surface area contributed by atoms with Crippen LogP contribution in [0.15, 0.2) is 28.7 Å². The van der Waals surface area contributed by atoms with E-state index in [1.165, 1.54) is 5.56 Å². The van der Waals surface area contributed by atoms with Gasteiger partial charge in [-0.15, -0.1) is 0 Å². The number of hydrogen-bond acceptors (Lipinski definition) is 4. The molecule has 0 bridgehead atoms. The molecule has 1 aromatic heterocycles. The second kappa shape index (κ2) is 7.72. The maximum absolute atomic E-state index is 13.0. The third kappa shape index (κ3) is 4.03. The number of amides is 1. The highest BCUT2D eigenvalue weighted by molar-refractivity contribution is 5.92. The summed E-state index contributed by atoms with van der Waals surface area (Å²) in [6.07, 6.45) is 5.72. The Labute approximate surface area is 148 Å². The molecule has 0 spiro atoms. The molecule has 134 valence electrons. The van der Waals surface area contributed by atoms with Gasteiger partial charge in [-0.25, -0.2) is 4.98 Å². The summed E-state index contributed by atoms with van der Waals surface area (Å²) in [6, 6.07) is 7.54. The van der Waals surface area contributed by atoms with Crippen molar-refractivity contribution in [2.75, 3.05) is 6.54 Å². The lowest BCUT2D eigenvalue weighted by Crippen LogP contribution is -2.44. The first kappa shape index (κ1) is 17.5. The topological polar surface area (TPSA) is 66.6 Å². The van der Waals surface area contributed by atoms with Crippen LogP contribution < -0.4 is 0 Å². The van der Waals surface area contributed by atoms with Crippen molar-refractivity contribution in [2.45, 2.75) is 58.4 Å². The van der Waals surface area contributed by atoms with Gasteiger partial charge in [0.05, 0.1) is 5.69 Å². The molecule has 1 N–H and O–H groups in total. The number of rotatable bonds is 5. The van der Waals surface area contributed by atoms with Gasteiger partial charge in [-0.3, -0.25) is 4.79 Å². The van der Waals surface area contributed by atoms with Crippen molar-refractivity contribution in [3.8, 4) is 5.75 Å². The third-order valence-corrected chi connectivity index (χ3v) is 4.93. The van der Waals surface area contributed by atoms with Crippen LogP contribution in [0, 0.1) is 6.92 Å². The molecule has 1 atom stereocenters. The molecule has 0 radical (unpaired) electrons. The molecule has 1 aromatic carbocycles. The fraction of sp³-hybridized carbons (Fsp3) is 0.500. The Bertz CT molecular complexity index is 721. The van der Waals surface area contributed by atoms with Crippen LogP contribution >= 0.6 is 0 Å². The van der Waals surface area contributed by atoms with Gasteiger partial charge in [0.1, 0.15) is 5.75 Å². The van der Waals surface area contributed by atoms with E-state index in [9.17, 15) is 9.90 Å². The highest BCUT2D eigenvalue weighted by atomic mass is 16.4. The Kier molecular flexibility index (Phi) is 5.41. The van der Waals surface area contributed by atoms with E-state index >= 15 is 0 Å². The number of benzene rings is 1. The number of phenols is 1. The van der Waals surface area contributed by atoms with Crippen LogP contribution in [-0.4, -0.2) is 33.5 Å². The molecule has 2 aromatic rings. The van der Waals surface area contributed by atoms with Crippen molar-refractivity contribution >= 4 is 5.91 Å². The number of aromatic hydroxyl groups is 1. The van der Waals surface area contributed by atoms with Crippen molar-refractivity contribution in [3.63, 3.8) is 0 Å². The number of aromatic nitrogens is 1. The summed E-state index contributed by atoms with van der Waals surface area (Å²) >= 11 is 0. The van der Waals surface area contributed by atoms with E-state index in [4.69, 9.17) is 4.42 Å². The van der Waals surface area contributed by atoms with E-state index < -0.39 is 0 Å². The summed E-state index contributed by atoms with van der Waals surface area (Å²) in [4.78, 5) is 19.3. The predicted molar refractivity (Wildman–Crippen MR) is 95.7 cm³/mol. The fourth-order valence-electron chi connectivity index (χ4n) is 3.50. The van der Waals surface area contributed by atoms with Gasteiger partial charge in [-0.05, 0) is 56.7 Å². The maximum Gasteiger partial charge on any atom is 0.291 e. The first-order valence-electron chi connectivity index (χ1n) is 9.13. The van der Waals surface area contributed by atoms with E-state index in [0.29, 0.717) is 23.8 Å². The Morgan fingerprint density at radius 3 is 2.76 bits per heavy atom. The van der Waals surface area contributed by atoms with Gasteiger partial charge < -0.3 is 14.4 Å². The Morgan fingerprint density at radius 1 is 1.32 bits per heavy atom. The van der Waals surface area contributed by atoms with Gasteiger partial charge in [0, 0.05) is 19.0 Å². The zero-order chi connectivity index (χ0) is 17.8. The normalized spacial score (nSPS) is 17.7. The summed E-state index contributed by atoms with van der Waals surface area (Å²) < 4.78 is 5.67. The van der Waals surface area contributed by atoms with Gasteiger partial charge in [0.15, 0.2) is 5.89 Å². The van der Waals surface area contributed by atoms with Gasteiger partial charge in [-0.2, -0.15) is 0 Å². The van der Waals surface area contributed by atoms with Crippen LogP contribution in [0.5, 0.6) is 5.75 Å². The number of phenolic OH excluding ortho intramolecular Hbond substituents is 1. The second-order valence-corrected chi connectivity index (χ2v) is 6.73. The van der Waals surface area contributed by atoms with E-state index in [1.807, 2.05) is 30.9 Å². The molecule has 2 heterocycles. The van der Waals surface area contributed by atoms with Crippen molar-refractivity contribution in [2.24, 2.45) is 0 Å². The number of carbonyl (C=O) groups is 1. The Hall–Kier alpha value is -2.30. The average molecular weight is 342 g/mol. The molecule has 1 unspecified atom stereocenters. The maximum atomic E-state index is 13.0. The minimum atomic E-state index is -0.0277. The molecule has 5 heteroatoms. The summed E-state index contributed by atoms with van der Waals surface area (Å²) in [5.74, 6) is 1.28. The van der Waals surface area contributed by atoms with Crippen LogP contribution in [0.4, 0.5) is 0 Å². The van der Waals surface area contributed by atoms with Crippen molar-refractivity contribution in [3.05, 3.63) is 47.2 Å². The molecule has 25 heavy (non-hydrogen) atoms. The van der Waals surface area contributed by atoms with Crippen LogP contribution in [0.25, 0.3) is 0 Å². The molecular weight excluding hydrogens is 316 g/mol. The Balaban J connectivity index is 1.70. The molecule has 0 aliphatic carbocycles. The molecule has 0 saturated carbocycles. The minimum absolute atomic E-state index is 0.0277. The highest BCUT2D eigenvalue weighted by Gasteiger charge is 2.30. The van der Waals surface area contributed by atoms with Gasteiger partial charge in [-0.1, -0.05) is 19.1 Å². The van der Waals surface area contributed by atoms with Crippen molar-refractivity contribution in [1.29, 1.82) is 0 Å². The monoisotopic (exact) mass is 342 g/mol. The number of oxazole rings is 1. The molecule has 1 amide bonds. The predicted octanol–water partition coefficient (Wildman–Crippen LogP) is 3.88. The minimum Gasteiger partial charge on any atom is -0.508 e. The molecule has 1 saturated heterocycles. The summed E-state index contributed by atoms with van der Waals surface area (Å²) in [6.45, 7) is 4.59. The molecule has 1 aliphatic heterocycles. The van der Waals surface area contributed by atoms with E-state index in [2.05, 4.69) is 4.98 Å². The van der Waals surface area contributed by atoms with Gasteiger partial charge in [0.2, 0.25) is 5.76 Å². The summed E-state index contributed by atoms with van der Waals surface area (Å²) in [5.41, 5.74) is 1.87.